The molecule has 2 aromatic rings. The SMILES string of the molecule is COc1ccc(S(=O)(=O)Nc2ccccc2C(=O)N2CCOCC2)cc1. The van der Waals surface area contributed by atoms with E-state index < -0.39 is 10.0 Å². The molecule has 1 N–H and O–H groups in total. The minimum absolute atomic E-state index is 0.0897. The van der Waals surface area contributed by atoms with E-state index in [1.54, 1.807) is 41.3 Å². The third kappa shape index (κ3) is 3.97. The van der Waals surface area contributed by atoms with Crippen LogP contribution in [-0.4, -0.2) is 52.6 Å². The van der Waals surface area contributed by atoms with E-state index >= 15 is 0 Å². The Morgan fingerprint density at radius 2 is 1.73 bits per heavy atom. The quantitative estimate of drug-likeness (QED) is 0.862. The monoisotopic (exact) mass is 376 g/mol. The highest BCUT2D eigenvalue weighted by molar-refractivity contribution is 7.92. The van der Waals surface area contributed by atoms with Crippen molar-refractivity contribution in [3.63, 3.8) is 0 Å². The summed E-state index contributed by atoms with van der Waals surface area (Å²) in [5.41, 5.74) is 0.561. The Balaban J connectivity index is 1.86. The zero-order chi connectivity index (χ0) is 18.6. The fourth-order valence-corrected chi connectivity index (χ4v) is 3.73. The number of benzene rings is 2. The molecular weight excluding hydrogens is 356 g/mol. The van der Waals surface area contributed by atoms with Crippen molar-refractivity contribution in [3.05, 3.63) is 54.1 Å². The minimum atomic E-state index is -3.83. The number of methoxy groups -OCH3 is 1. The molecule has 0 aromatic heterocycles. The Labute approximate surface area is 152 Å². The van der Waals surface area contributed by atoms with E-state index in [9.17, 15) is 13.2 Å². The summed E-state index contributed by atoms with van der Waals surface area (Å²) in [7, 11) is -2.32. The van der Waals surface area contributed by atoms with Crippen molar-refractivity contribution >= 4 is 21.6 Å². The van der Waals surface area contributed by atoms with Crippen LogP contribution >= 0.6 is 0 Å². The molecule has 1 aliphatic rings. The molecule has 1 aliphatic heterocycles. The average molecular weight is 376 g/mol. The number of rotatable bonds is 5. The predicted molar refractivity (Wildman–Crippen MR) is 97.0 cm³/mol. The van der Waals surface area contributed by atoms with Crippen LogP contribution in [0.15, 0.2) is 53.4 Å². The zero-order valence-electron chi connectivity index (χ0n) is 14.3. The summed E-state index contributed by atoms with van der Waals surface area (Å²) in [5, 5.41) is 0. The van der Waals surface area contributed by atoms with Crippen molar-refractivity contribution < 1.29 is 22.7 Å². The lowest BCUT2D eigenvalue weighted by atomic mass is 10.1. The highest BCUT2D eigenvalue weighted by Gasteiger charge is 2.23. The van der Waals surface area contributed by atoms with E-state index in [0.717, 1.165) is 0 Å². The maximum Gasteiger partial charge on any atom is 0.261 e. The van der Waals surface area contributed by atoms with Crippen LogP contribution in [-0.2, 0) is 14.8 Å². The number of amides is 1. The topological polar surface area (TPSA) is 84.9 Å². The predicted octanol–water partition coefficient (Wildman–Crippen LogP) is 1.97. The molecule has 0 bridgehead atoms. The largest absolute Gasteiger partial charge is 0.497 e. The summed E-state index contributed by atoms with van der Waals surface area (Å²) in [6.07, 6.45) is 0. The van der Waals surface area contributed by atoms with E-state index in [4.69, 9.17) is 9.47 Å². The van der Waals surface area contributed by atoms with Gasteiger partial charge in [0.05, 0.1) is 36.5 Å². The highest BCUT2D eigenvalue weighted by Crippen LogP contribution is 2.23. The van der Waals surface area contributed by atoms with Gasteiger partial charge in [-0.15, -0.1) is 0 Å². The van der Waals surface area contributed by atoms with Crippen LogP contribution in [0.5, 0.6) is 5.75 Å². The number of anilines is 1. The second kappa shape index (κ2) is 7.76. The van der Waals surface area contributed by atoms with Crippen LogP contribution in [0.1, 0.15) is 10.4 Å². The standard InChI is InChI=1S/C18H20N2O5S/c1-24-14-6-8-15(9-7-14)26(22,23)19-17-5-3-2-4-16(17)18(21)20-10-12-25-13-11-20/h2-9,19H,10-13H2,1H3. The molecule has 8 heteroatoms. The molecule has 0 aliphatic carbocycles. The number of morpholine rings is 1. The number of ether oxygens (including phenoxy) is 2. The van der Waals surface area contributed by atoms with Gasteiger partial charge in [-0.05, 0) is 36.4 Å². The first-order valence-electron chi connectivity index (χ1n) is 8.14. The Bertz CT molecular complexity index is 875. The highest BCUT2D eigenvalue weighted by atomic mass is 32.2. The van der Waals surface area contributed by atoms with Gasteiger partial charge in [0.15, 0.2) is 0 Å². The van der Waals surface area contributed by atoms with Crippen LogP contribution < -0.4 is 9.46 Å². The summed E-state index contributed by atoms with van der Waals surface area (Å²) in [6, 6.07) is 12.6. The summed E-state index contributed by atoms with van der Waals surface area (Å²) < 4.78 is 38.1. The molecule has 0 unspecified atom stereocenters. The summed E-state index contributed by atoms with van der Waals surface area (Å²) in [6.45, 7) is 1.92. The first-order chi connectivity index (χ1) is 12.5. The summed E-state index contributed by atoms with van der Waals surface area (Å²) in [4.78, 5) is 14.5. The van der Waals surface area contributed by atoms with Crippen LogP contribution in [0.3, 0.4) is 0 Å². The van der Waals surface area contributed by atoms with Crippen LogP contribution in [0.25, 0.3) is 0 Å². The van der Waals surface area contributed by atoms with Crippen LogP contribution in [0, 0.1) is 0 Å². The maximum absolute atomic E-state index is 12.7. The van der Waals surface area contributed by atoms with E-state index in [1.807, 2.05) is 0 Å². The van der Waals surface area contributed by atoms with E-state index in [1.165, 1.54) is 19.2 Å². The van der Waals surface area contributed by atoms with Crippen molar-refractivity contribution in [1.82, 2.24) is 4.90 Å². The Hall–Kier alpha value is -2.58. The Morgan fingerprint density at radius 1 is 1.08 bits per heavy atom. The van der Waals surface area contributed by atoms with Crippen molar-refractivity contribution in [2.45, 2.75) is 4.90 Å². The van der Waals surface area contributed by atoms with Gasteiger partial charge in [-0.1, -0.05) is 12.1 Å². The fourth-order valence-electron chi connectivity index (χ4n) is 2.65. The molecule has 1 amide bonds. The summed E-state index contributed by atoms with van der Waals surface area (Å²) >= 11 is 0. The van der Waals surface area contributed by atoms with Gasteiger partial charge in [0.25, 0.3) is 15.9 Å². The van der Waals surface area contributed by atoms with E-state index in [-0.39, 0.29) is 16.5 Å². The average Bonchev–Trinajstić information content (AvgIpc) is 2.68. The third-order valence-corrected chi connectivity index (χ3v) is 5.45. The molecule has 7 nitrogen and oxygen atoms in total. The number of sulfonamides is 1. The van der Waals surface area contributed by atoms with Crippen molar-refractivity contribution in [2.75, 3.05) is 38.1 Å². The molecule has 26 heavy (non-hydrogen) atoms. The lowest BCUT2D eigenvalue weighted by molar-refractivity contribution is 0.0303. The Kier molecular flexibility index (Phi) is 5.43. The molecule has 0 atom stereocenters. The Morgan fingerprint density at radius 3 is 2.38 bits per heavy atom. The number of hydrogen-bond acceptors (Lipinski definition) is 5. The molecule has 3 rings (SSSR count). The number of carbonyl (C=O) groups excluding carboxylic acids is 1. The normalized spacial score (nSPS) is 14.7. The van der Waals surface area contributed by atoms with Gasteiger partial charge in [0.1, 0.15) is 5.75 Å². The van der Waals surface area contributed by atoms with E-state index in [2.05, 4.69) is 4.72 Å². The third-order valence-electron chi connectivity index (χ3n) is 4.07. The number of carbonyl (C=O) groups is 1. The van der Waals surface area contributed by atoms with Gasteiger partial charge in [-0.3, -0.25) is 9.52 Å². The lowest BCUT2D eigenvalue weighted by Crippen LogP contribution is -2.41. The molecule has 1 heterocycles. The van der Waals surface area contributed by atoms with Gasteiger partial charge in [0.2, 0.25) is 0 Å². The molecular formula is C18H20N2O5S. The van der Waals surface area contributed by atoms with Crippen molar-refractivity contribution in [3.8, 4) is 5.75 Å². The number of hydrogen-bond donors (Lipinski definition) is 1. The summed E-state index contributed by atoms with van der Waals surface area (Å²) in [5.74, 6) is 0.341. The molecule has 0 spiro atoms. The molecule has 138 valence electrons. The van der Waals surface area contributed by atoms with Gasteiger partial charge >= 0.3 is 0 Å². The van der Waals surface area contributed by atoms with Gasteiger partial charge in [-0.25, -0.2) is 8.42 Å². The fraction of sp³-hybridized carbons (Fsp3) is 0.278. The van der Waals surface area contributed by atoms with E-state index in [0.29, 0.717) is 37.6 Å². The maximum atomic E-state index is 12.7. The molecule has 0 radical (unpaired) electrons. The zero-order valence-corrected chi connectivity index (χ0v) is 15.2. The second-order valence-corrected chi connectivity index (χ2v) is 7.41. The smallest absolute Gasteiger partial charge is 0.261 e. The van der Waals surface area contributed by atoms with Crippen molar-refractivity contribution in [2.24, 2.45) is 0 Å². The first kappa shape index (κ1) is 18.2. The van der Waals surface area contributed by atoms with Gasteiger partial charge in [-0.2, -0.15) is 0 Å². The van der Waals surface area contributed by atoms with Crippen molar-refractivity contribution in [1.29, 1.82) is 0 Å². The van der Waals surface area contributed by atoms with Gasteiger partial charge in [0, 0.05) is 13.1 Å². The molecule has 1 fully saturated rings. The lowest BCUT2D eigenvalue weighted by Gasteiger charge is -2.27. The number of para-hydroxylation sites is 1. The minimum Gasteiger partial charge on any atom is -0.497 e. The van der Waals surface area contributed by atoms with Crippen LogP contribution in [0.4, 0.5) is 5.69 Å². The molecule has 1 saturated heterocycles. The molecule has 0 saturated carbocycles. The second-order valence-electron chi connectivity index (χ2n) is 5.73. The number of nitrogens with zero attached hydrogens (tertiary/aromatic N) is 1. The molecule has 2 aromatic carbocycles. The van der Waals surface area contributed by atoms with Crippen LogP contribution in [0.2, 0.25) is 0 Å². The van der Waals surface area contributed by atoms with Gasteiger partial charge < -0.3 is 14.4 Å². The first-order valence-corrected chi connectivity index (χ1v) is 9.62. The number of nitrogens with one attached hydrogen (secondary N) is 1.